The first kappa shape index (κ1) is 20.5. The Morgan fingerprint density at radius 3 is 2.52 bits per heavy atom. The molecule has 2 heterocycles. The molecule has 1 aliphatic heterocycles. The van der Waals surface area contributed by atoms with Crippen LogP contribution in [0.1, 0.15) is 17.2 Å². The normalized spacial score (nSPS) is 17.6. The van der Waals surface area contributed by atoms with Crippen molar-refractivity contribution in [1.82, 2.24) is 4.98 Å². The lowest BCUT2D eigenvalue weighted by Crippen LogP contribution is -2.30. The zero-order valence-corrected chi connectivity index (χ0v) is 17.1. The van der Waals surface area contributed by atoms with Crippen LogP contribution in [0.25, 0.3) is 16.5 Å². The second-order valence-electron chi connectivity index (χ2n) is 7.58. The van der Waals surface area contributed by atoms with Crippen LogP contribution in [0.3, 0.4) is 0 Å². The molecule has 1 fully saturated rings. The summed E-state index contributed by atoms with van der Waals surface area (Å²) in [5.74, 6) is -4.13. The molecule has 0 bridgehead atoms. The minimum absolute atomic E-state index is 0.229. The number of aliphatic hydroxyl groups excluding tert-OH is 1. The van der Waals surface area contributed by atoms with Crippen molar-refractivity contribution in [1.29, 1.82) is 0 Å². The van der Waals surface area contributed by atoms with E-state index in [1.54, 1.807) is 36.4 Å². The van der Waals surface area contributed by atoms with Gasteiger partial charge in [-0.05, 0) is 34.5 Å². The summed E-state index contributed by atoms with van der Waals surface area (Å²) in [4.78, 5) is 31.2. The number of amides is 1. The van der Waals surface area contributed by atoms with Gasteiger partial charge in [-0.1, -0.05) is 48.5 Å². The summed E-state index contributed by atoms with van der Waals surface area (Å²) in [7, 11) is 0. The zero-order chi connectivity index (χ0) is 23.1. The van der Waals surface area contributed by atoms with E-state index in [0.29, 0.717) is 16.5 Å². The number of carbonyl (C=O) groups is 2. The highest BCUT2D eigenvalue weighted by atomic mass is 19.1. The lowest BCUT2D eigenvalue weighted by atomic mass is 9.94. The van der Waals surface area contributed by atoms with E-state index in [9.17, 15) is 23.5 Å². The largest absolute Gasteiger partial charge is 0.507 e. The van der Waals surface area contributed by atoms with Crippen molar-refractivity contribution in [2.45, 2.75) is 6.04 Å². The summed E-state index contributed by atoms with van der Waals surface area (Å²) in [6.45, 7) is 0. The Bertz CT molecular complexity index is 1450. The molecule has 1 aliphatic rings. The van der Waals surface area contributed by atoms with Crippen LogP contribution in [-0.4, -0.2) is 21.8 Å². The van der Waals surface area contributed by atoms with Crippen LogP contribution in [0.4, 0.5) is 14.5 Å². The van der Waals surface area contributed by atoms with Crippen molar-refractivity contribution < 1.29 is 23.5 Å². The summed E-state index contributed by atoms with van der Waals surface area (Å²) < 4.78 is 28.7. The highest BCUT2D eigenvalue weighted by Gasteiger charge is 2.48. The molecule has 1 aromatic heterocycles. The molecule has 1 unspecified atom stereocenters. The summed E-state index contributed by atoms with van der Waals surface area (Å²) >= 11 is 0. The summed E-state index contributed by atoms with van der Waals surface area (Å²) in [5.41, 5.74) is 0.0813. The van der Waals surface area contributed by atoms with E-state index in [1.165, 1.54) is 12.4 Å². The molecule has 1 atom stereocenters. The number of halogens is 2. The van der Waals surface area contributed by atoms with Gasteiger partial charge >= 0.3 is 0 Å². The number of aliphatic hydroxyl groups is 1. The quantitative estimate of drug-likeness (QED) is 0.271. The molecule has 33 heavy (non-hydrogen) atoms. The van der Waals surface area contributed by atoms with E-state index in [0.717, 1.165) is 28.5 Å². The SMILES string of the molecule is O=C1C(=O)N(c2cc(F)ccc2F)C(c2cccnc2)/C1=C(/O)c1cccc2ccccc12. The van der Waals surface area contributed by atoms with Gasteiger partial charge in [0.25, 0.3) is 11.7 Å². The van der Waals surface area contributed by atoms with Gasteiger partial charge in [0.15, 0.2) is 0 Å². The van der Waals surface area contributed by atoms with E-state index < -0.39 is 40.8 Å². The van der Waals surface area contributed by atoms with Gasteiger partial charge in [0.05, 0.1) is 17.3 Å². The van der Waals surface area contributed by atoms with E-state index >= 15 is 0 Å². The third-order valence-electron chi connectivity index (χ3n) is 5.66. The van der Waals surface area contributed by atoms with Crippen LogP contribution >= 0.6 is 0 Å². The molecule has 5 rings (SSSR count). The van der Waals surface area contributed by atoms with Crippen molar-refractivity contribution in [3.05, 3.63) is 114 Å². The van der Waals surface area contributed by atoms with E-state index in [2.05, 4.69) is 4.98 Å². The summed E-state index contributed by atoms with van der Waals surface area (Å²) in [6, 6.07) is 17.1. The van der Waals surface area contributed by atoms with Gasteiger partial charge in [0.2, 0.25) is 0 Å². The predicted molar refractivity (Wildman–Crippen MR) is 119 cm³/mol. The van der Waals surface area contributed by atoms with Gasteiger partial charge in [-0.25, -0.2) is 8.78 Å². The number of benzene rings is 3. The standard InChI is InChI=1S/C26H16F2N2O3/c27-17-10-11-20(28)21(13-17)30-23(16-7-4-12-29-14-16)22(25(32)26(30)33)24(31)19-9-3-6-15-5-1-2-8-18(15)19/h1-14,23,31H/b24-22-. The Morgan fingerprint density at radius 1 is 0.939 bits per heavy atom. The van der Waals surface area contributed by atoms with Crippen LogP contribution in [0, 0.1) is 11.6 Å². The fourth-order valence-electron chi connectivity index (χ4n) is 4.18. The van der Waals surface area contributed by atoms with Crippen molar-refractivity contribution in [2.75, 3.05) is 4.90 Å². The summed E-state index contributed by atoms with van der Waals surface area (Å²) in [6.07, 6.45) is 2.92. The van der Waals surface area contributed by atoms with E-state index in [-0.39, 0.29) is 5.57 Å². The first-order valence-electron chi connectivity index (χ1n) is 10.1. The number of pyridine rings is 1. The Morgan fingerprint density at radius 2 is 1.73 bits per heavy atom. The monoisotopic (exact) mass is 442 g/mol. The van der Waals surface area contributed by atoms with Crippen LogP contribution < -0.4 is 4.90 Å². The smallest absolute Gasteiger partial charge is 0.300 e. The van der Waals surface area contributed by atoms with Crippen LogP contribution in [0.15, 0.2) is 90.8 Å². The highest BCUT2D eigenvalue weighted by Crippen LogP contribution is 2.43. The maximum absolute atomic E-state index is 14.7. The Balaban J connectivity index is 1.80. The van der Waals surface area contributed by atoms with Crippen LogP contribution in [-0.2, 0) is 9.59 Å². The zero-order valence-electron chi connectivity index (χ0n) is 17.1. The Labute approximate surface area is 187 Å². The number of hydrogen-bond acceptors (Lipinski definition) is 4. The molecule has 0 radical (unpaired) electrons. The fourth-order valence-corrected chi connectivity index (χ4v) is 4.18. The number of fused-ring (bicyclic) bond motifs is 1. The lowest BCUT2D eigenvalue weighted by Gasteiger charge is -2.25. The van der Waals surface area contributed by atoms with Gasteiger partial charge in [0.1, 0.15) is 17.4 Å². The second kappa shape index (κ2) is 7.94. The molecule has 4 aromatic rings. The van der Waals surface area contributed by atoms with Crippen LogP contribution in [0.2, 0.25) is 0 Å². The summed E-state index contributed by atoms with van der Waals surface area (Å²) in [5, 5.41) is 12.8. The fraction of sp³-hybridized carbons (Fsp3) is 0.0385. The third-order valence-corrected chi connectivity index (χ3v) is 5.66. The molecule has 5 nitrogen and oxygen atoms in total. The van der Waals surface area contributed by atoms with Crippen molar-refractivity contribution in [3.63, 3.8) is 0 Å². The average molecular weight is 442 g/mol. The average Bonchev–Trinajstić information content (AvgIpc) is 3.10. The van der Waals surface area contributed by atoms with Crippen LogP contribution in [0.5, 0.6) is 0 Å². The molecule has 0 aliphatic carbocycles. The lowest BCUT2D eigenvalue weighted by molar-refractivity contribution is -0.132. The number of rotatable bonds is 3. The number of Topliss-reactive ketones (excluding diaryl/α,β-unsaturated/α-hetero) is 1. The molecule has 7 heteroatoms. The van der Waals surface area contributed by atoms with Gasteiger partial charge in [-0.3, -0.25) is 19.5 Å². The molecule has 3 aromatic carbocycles. The predicted octanol–water partition coefficient (Wildman–Crippen LogP) is 5.14. The van der Waals surface area contributed by atoms with Crippen molar-refractivity contribution >= 4 is 33.9 Å². The number of hydrogen-bond donors (Lipinski definition) is 1. The Kier molecular flexibility index (Phi) is 4.94. The topological polar surface area (TPSA) is 70.5 Å². The minimum Gasteiger partial charge on any atom is -0.507 e. The van der Waals surface area contributed by atoms with Gasteiger partial charge in [0, 0.05) is 24.0 Å². The number of anilines is 1. The number of aromatic nitrogens is 1. The molecule has 0 saturated carbocycles. The molecular weight excluding hydrogens is 426 g/mol. The molecule has 1 saturated heterocycles. The van der Waals surface area contributed by atoms with Gasteiger partial charge < -0.3 is 5.11 Å². The number of carbonyl (C=O) groups excluding carboxylic acids is 2. The van der Waals surface area contributed by atoms with Gasteiger partial charge in [-0.15, -0.1) is 0 Å². The van der Waals surface area contributed by atoms with E-state index in [1.807, 2.05) is 18.2 Å². The van der Waals surface area contributed by atoms with Crippen molar-refractivity contribution in [2.24, 2.45) is 0 Å². The first-order chi connectivity index (χ1) is 16.0. The second-order valence-corrected chi connectivity index (χ2v) is 7.58. The maximum Gasteiger partial charge on any atom is 0.300 e. The van der Waals surface area contributed by atoms with E-state index in [4.69, 9.17) is 0 Å². The van der Waals surface area contributed by atoms with Gasteiger partial charge in [-0.2, -0.15) is 0 Å². The number of ketones is 1. The number of nitrogens with zero attached hydrogens (tertiary/aromatic N) is 2. The highest BCUT2D eigenvalue weighted by molar-refractivity contribution is 6.51. The molecule has 0 spiro atoms. The molecule has 1 amide bonds. The Hall–Kier alpha value is -4.39. The minimum atomic E-state index is -1.20. The molecular formula is C26H16F2N2O3. The maximum atomic E-state index is 14.7. The third kappa shape index (κ3) is 3.34. The molecule has 162 valence electrons. The first-order valence-corrected chi connectivity index (χ1v) is 10.1. The van der Waals surface area contributed by atoms with Crippen molar-refractivity contribution in [3.8, 4) is 0 Å². The molecule has 1 N–H and O–H groups in total.